The normalized spacial score (nSPS) is 11.9. The monoisotopic (exact) mass is 309 g/mol. The quantitative estimate of drug-likeness (QED) is 0.253. The SMILES string of the molecule is C=C(C=CC=CCC)OS(=O)(=O)c1ccc([N+](=O)[O-])cc1. The highest BCUT2D eigenvalue weighted by Crippen LogP contribution is 2.19. The van der Waals surface area contributed by atoms with Gasteiger partial charge >= 0.3 is 10.1 Å². The third-order valence-corrected chi connectivity index (χ3v) is 3.60. The summed E-state index contributed by atoms with van der Waals surface area (Å²) in [4.78, 5) is 9.72. The van der Waals surface area contributed by atoms with Gasteiger partial charge < -0.3 is 4.18 Å². The van der Waals surface area contributed by atoms with Crippen LogP contribution in [-0.4, -0.2) is 13.3 Å². The van der Waals surface area contributed by atoms with E-state index in [1.54, 1.807) is 12.2 Å². The first-order chi connectivity index (χ1) is 9.86. The molecule has 0 heterocycles. The Kier molecular flexibility index (Phi) is 5.86. The van der Waals surface area contributed by atoms with E-state index in [1.807, 2.05) is 13.0 Å². The van der Waals surface area contributed by atoms with Gasteiger partial charge in [-0.3, -0.25) is 10.1 Å². The molecule has 0 aromatic heterocycles. The number of hydrogen-bond acceptors (Lipinski definition) is 5. The highest BCUT2D eigenvalue weighted by molar-refractivity contribution is 7.86. The van der Waals surface area contributed by atoms with Crippen molar-refractivity contribution in [1.82, 2.24) is 0 Å². The number of non-ortho nitro benzene ring substituents is 1. The summed E-state index contributed by atoms with van der Waals surface area (Å²) in [7, 11) is -4.04. The molecule has 0 saturated heterocycles. The van der Waals surface area contributed by atoms with E-state index in [0.29, 0.717) is 0 Å². The third kappa shape index (κ3) is 5.23. The second-order valence-electron chi connectivity index (χ2n) is 3.95. The Balaban J connectivity index is 2.81. The molecule has 0 unspecified atom stereocenters. The smallest absolute Gasteiger partial charge is 0.339 e. The molecule has 21 heavy (non-hydrogen) atoms. The van der Waals surface area contributed by atoms with Crippen molar-refractivity contribution in [3.63, 3.8) is 0 Å². The summed E-state index contributed by atoms with van der Waals surface area (Å²) in [5, 5.41) is 10.5. The van der Waals surface area contributed by atoms with Crippen molar-refractivity contribution in [2.24, 2.45) is 0 Å². The van der Waals surface area contributed by atoms with Crippen molar-refractivity contribution in [3.05, 3.63) is 71.0 Å². The molecule has 0 N–H and O–H groups in total. The van der Waals surface area contributed by atoms with Crippen LogP contribution in [0.2, 0.25) is 0 Å². The van der Waals surface area contributed by atoms with E-state index in [4.69, 9.17) is 4.18 Å². The van der Waals surface area contributed by atoms with Gasteiger partial charge in [-0.1, -0.05) is 31.7 Å². The minimum atomic E-state index is -4.04. The number of nitrogens with zero attached hydrogens (tertiary/aromatic N) is 1. The molecule has 6 nitrogen and oxygen atoms in total. The van der Waals surface area contributed by atoms with E-state index in [0.717, 1.165) is 30.7 Å². The lowest BCUT2D eigenvalue weighted by Gasteiger charge is -2.06. The molecule has 1 aromatic carbocycles. The van der Waals surface area contributed by atoms with Crippen molar-refractivity contribution in [2.75, 3.05) is 0 Å². The fourth-order valence-corrected chi connectivity index (χ4v) is 2.23. The highest BCUT2D eigenvalue weighted by Gasteiger charge is 2.17. The number of benzene rings is 1. The maximum absolute atomic E-state index is 11.9. The maximum Gasteiger partial charge on any atom is 0.339 e. The van der Waals surface area contributed by atoms with Crippen LogP contribution < -0.4 is 0 Å². The standard InChI is InChI=1S/C14H15NO5S/c1-3-4-5-6-7-12(2)20-21(18,19)14-10-8-13(9-11-14)15(16)17/h4-11H,2-3H2,1H3. The Labute approximate surface area is 123 Å². The molecular weight excluding hydrogens is 294 g/mol. The number of rotatable bonds is 7. The van der Waals surface area contributed by atoms with E-state index in [1.165, 1.54) is 6.08 Å². The van der Waals surface area contributed by atoms with E-state index in [-0.39, 0.29) is 16.3 Å². The Morgan fingerprint density at radius 1 is 1.33 bits per heavy atom. The number of allylic oxidation sites excluding steroid dienone is 4. The van der Waals surface area contributed by atoms with E-state index >= 15 is 0 Å². The molecule has 1 aromatic rings. The summed E-state index contributed by atoms with van der Waals surface area (Å²) >= 11 is 0. The fraction of sp³-hybridized carbons (Fsp3) is 0.143. The molecule has 0 amide bonds. The van der Waals surface area contributed by atoms with Crippen LogP contribution in [0.25, 0.3) is 0 Å². The molecule has 0 aliphatic carbocycles. The summed E-state index contributed by atoms with van der Waals surface area (Å²) in [5.74, 6) is -0.0471. The molecule has 112 valence electrons. The first-order valence-corrected chi connectivity index (χ1v) is 7.48. The molecule has 0 fully saturated rings. The van der Waals surface area contributed by atoms with Gasteiger partial charge in [0, 0.05) is 12.1 Å². The zero-order chi connectivity index (χ0) is 15.9. The van der Waals surface area contributed by atoms with Crippen molar-refractivity contribution in [2.45, 2.75) is 18.2 Å². The number of hydrogen-bond donors (Lipinski definition) is 0. The van der Waals surface area contributed by atoms with Gasteiger partial charge in [0.15, 0.2) is 0 Å². The molecular formula is C14H15NO5S. The molecule has 0 bridgehead atoms. The lowest BCUT2D eigenvalue weighted by molar-refractivity contribution is -0.384. The predicted octanol–water partition coefficient (Wildman–Crippen LogP) is 3.34. The van der Waals surface area contributed by atoms with Gasteiger partial charge in [-0.05, 0) is 24.6 Å². The van der Waals surface area contributed by atoms with Gasteiger partial charge in [-0.2, -0.15) is 8.42 Å². The van der Waals surface area contributed by atoms with Crippen molar-refractivity contribution < 1.29 is 17.5 Å². The van der Waals surface area contributed by atoms with Crippen molar-refractivity contribution in [3.8, 4) is 0 Å². The van der Waals surface area contributed by atoms with E-state index in [9.17, 15) is 18.5 Å². The number of nitro groups is 1. The molecule has 0 saturated carbocycles. The van der Waals surface area contributed by atoms with Gasteiger partial charge in [0.05, 0.1) is 4.92 Å². The van der Waals surface area contributed by atoms with Crippen LogP contribution in [-0.2, 0) is 14.3 Å². The third-order valence-electron chi connectivity index (χ3n) is 2.32. The highest BCUT2D eigenvalue weighted by atomic mass is 32.2. The van der Waals surface area contributed by atoms with Crippen LogP contribution in [0.1, 0.15) is 13.3 Å². The Morgan fingerprint density at radius 2 is 1.95 bits per heavy atom. The van der Waals surface area contributed by atoms with Crippen LogP contribution in [0.5, 0.6) is 0 Å². The van der Waals surface area contributed by atoms with Gasteiger partial charge in [0.2, 0.25) is 0 Å². The lowest BCUT2D eigenvalue weighted by Crippen LogP contribution is -2.05. The topological polar surface area (TPSA) is 86.5 Å². The van der Waals surface area contributed by atoms with Crippen LogP contribution in [0.3, 0.4) is 0 Å². The molecule has 1 rings (SSSR count). The zero-order valence-corrected chi connectivity index (χ0v) is 12.2. The van der Waals surface area contributed by atoms with Gasteiger partial charge in [0.25, 0.3) is 5.69 Å². The molecule has 0 aliphatic heterocycles. The van der Waals surface area contributed by atoms with Crippen LogP contribution in [0.4, 0.5) is 5.69 Å². The molecule has 0 radical (unpaired) electrons. The first kappa shape index (κ1) is 16.6. The second kappa shape index (κ2) is 7.39. The largest absolute Gasteiger partial charge is 0.380 e. The average Bonchev–Trinajstić information content (AvgIpc) is 2.43. The van der Waals surface area contributed by atoms with Gasteiger partial charge in [-0.15, -0.1) is 0 Å². The maximum atomic E-state index is 11.9. The zero-order valence-electron chi connectivity index (χ0n) is 11.4. The Morgan fingerprint density at radius 3 is 2.48 bits per heavy atom. The van der Waals surface area contributed by atoms with Crippen molar-refractivity contribution in [1.29, 1.82) is 0 Å². The second-order valence-corrected chi connectivity index (χ2v) is 5.50. The fourth-order valence-electron chi connectivity index (χ4n) is 1.33. The first-order valence-electron chi connectivity index (χ1n) is 6.08. The van der Waals surface area contributed by atoms with Crippen LogP contribution >= 0.6 is 0 Å². The van der Waals surface area contributed by atoms with Crippen molar-refractivity contribution >= 4 is 15.8 Å². The summed E-state index contributed by atoms with van der Waals surface area (Å²) in [6.45, 7) is 5.45. The van der Waals surface area contributed by atoms with Crippen LogP contribution in [0, 0.1) is 10.1 Å². The average molecular weight is 309 g/mol. The molecule has 0 spiro atoms. The minimum absolute atomic E-state index is 0.0471. The molecule has 0 atom stereocenters. The summed E-state index contributed by atoms with van der Waals surface area (Å²) in [6, 6.07) is 4.42. The van der Waals surface area contributed by atoms with Gasteiger partial charge in [-0.25, -0.2) is 0 Å². The molecule has 0 aliphatic rings. The summed E-state index contributed by atoms with van der Waals surface area (Å²) < 4.78 is 28.6. The van der Waals surface area contributed by atoms with E-state index < -0.39 is 15.0 Å². The Hall–Kier alpha value is -2.41. The minimum Gasteiger partial charge on any atom is -0.380 e. The molecule has 7 heteroatoms. The van der Waals surface area contributed by atoms with Gasteiger partial charge in [0.1, 0.15) is 10.7 Å². The summed E-state index contributed by atoms with van der Waals surface area (Å²) in [6.07, 6.45) is 7.51. The number of nitro benzene ring substituents is 1. The van der Waals surface area contributed by atoms with E-state index in [2.05, 4.69) is 6.58 Å². The predicted molar refractivity (Wildman–Crippen MR) is 79.1 cm³/mol. The Bertz CT molecular complexity index is 672. The van der Waals surface area contributed by atoms with Crippen LogP contribution in [0.15, 0.2) is 65.8 Å². The lowest BCUT2D eigenvalue weighted by atomic mass is 10.3. The summed E-state index contributed by atoms with van der Waals surface area (Å²) in [5.41, 5.74) is -0.197.